The molecule has 0 saturated heterocycles. The van der Waals surface area contributed by atoms with Gasteiger partial charge in [-0.1, -0.05) is 18.2 Å². The maximum atomic E-state index is 3.62. The van der Waals surface area contributed by atoms with Gasteiger partial charge in [-0.3, -0.25) is 0 Å². The zero-order valence-electron chi connectivity index (χ0n) is 9.49. The molecule has 1 aliphatic heterocycles. The molecule has 0 spiro atoms. The van der Waals surface area contributed by atoms with E-state index in [1.807, 2.05) is 11.8 Å². The summed E-state index contributed by atoms with van der Waals surface area (Å²) >= 11 is 7.87. The number of anilines is 1. The second-order valence-electron chi connectivity index (χ2n) is 4.17. The van der Waals surface area contributed by atoms with Gasteiger partial charge in [-0.25, -0.2) is 0 Å². The Hall–Kier alpha value is -0.200. The second kappa shape index (κ2) is 5.43. The largest absolute Gasteiger partial charge is 0.376 e. The zero-order valence-corrected chi connectivity index (χ0v) is 14.1. The molecule has 1 N–H and O–H groups in total. The minimum absolute atomic E-state index is 0.405. The summed E-state index contributed by atoms with van der Waals surface area (Å²) in [4.78, 5) is 1.40. The Labute approximate surface area is 133 Å². The summed E-state index contributed by atoms with van der Waals surface area (Å²) in [5, 5.41) is 3.62. The molecule has 4 heteroatoms. The molecule has 1 heterocycles. The van der Waals surface area contributed by atoms with Crippen molar-refractivity contribution in [2.45, 2.75) is 10.9 Å². The lowest BCUT2D eigenvalue weighted by Gasteiger charge is -2.16. The van der Waals surface area contributed by atoms with Gasteiger partial charge in [-0.05, 0) is 68.3 Å². The molecule has 1 unspecified atom stereocenters. The molecular formula is C14H11BrINS. The number of hydrogen-bond donors (Lipinski definition) is 1. The van der Waals surface area contributed by atoms with Crippen molar-refractivity contribution in [1.29, 1.82) is 0 Å². The smallest absolute Gasteiger partial charge is 0.0619 e. The first kappa shape index (κ1) is 12.8. The quantitative estimate of drug-likeness (QED) is 0.646. The van der Waals surface area contributed by atoms with E-state index in [-0.39, 0.29) is 0 Å². The third-order valence-electron chi connectivity index (χ3n) is 2.96. The topological polar surface area (TPSA) is 12.0 Å². The van der Waals surface area contributed by atoms with Gasteiger partial charge in [0.15, 0.2) is 0 Å². The lowest BCUT2D eigenvalue weighted by molar-refractivity contribution is 0.899. The van der Waals surface area contributed by atoms with Gasteiger partial charge in [0.25, 0.3) is 0 Å². The Balaban J connectivity index is 1.86. The molecule has 18 heavy (non-hydrogen) atoms. The normalized spacial score (nSPS) is 17.6. The first-order valence-corrected chi connectivity index (χ1v) is 8.53. The number of fused-ring (bicyclic) bond motifs is 1. The van der Waals surface area contributed by atoms with Crippen LogP contribution in [-0.2, 0) is 0 Å². The van der Waals surface area contributed by atoms with Crippen LogP contribution in [0.1, 0.15) is 11.6 Å². The van der Waals surface area contributed by atoms with Crippen molar-refractivity contribution in [3.8, 4) is 0 Å². The fourth-order valence-corrected chi connectivity index (χ4v) is 4.65. The van der Waals surface area contributed by atoms with Gasteiger partial charge in [-0.2, -0.15) is 0 Å². The fourth-order valence-electron chi connectivity index (χ4n) is 2.08. The Morgan fingerprint density at radius 2 is 2.06 bits per heavy atom. The lowest BCUT2D eigenvalue weighted by atomic mass is 10.1. The summed E-state index contributed by atoms with van der Waals surface area (Å²) in [5.74, 6) is 1.10. The summed E-state index contributed by atoms with van der Waals surface area (Å²) in [5.41, 5.74) is 2.57. The predicted molar refractivity (Wildman–Crippen MR) is 90.4 cm³/mol. The molecule has 0 fully saturated rings. The molecule has 0 aliphatic carbocycles. The van der Waals surface area contributed by atoms with E-state index in [9.17, 15) is 0 Å². The molecule has 2 aromatic carbocycles. The Morgan fingerprint density at radius 1 is 1.22 bits per heavy atom. The molecule has 0 radical (unpaired) electrons. The molecule has 2 aromatic rings. The summed E-state index contributed by atoms with van der Waals surface area (Å²) in [6, 6.07) is 15.4. The summed E-state index contributed by atoms with van der Waals surface area (Å²) in [6.07, 6.45) is 0. The van der Waals surface area contributed by atoms with Gasteiger partial charge < -0.3 is 5.32 Å². The van der Waals surface area contributed by atoms with E-state index in [1.54, 1.807) is 0 Å². The van der Waals surface area contributed by atoms with Crippen molar-refractivity contribution >= 4 is 56.0 Å². The van der Waals surface area contributed by atoms with Crippen molar-refractivity contribution in [2.75, 3.05) is 11.1 Å². The summed E-state index contributed by atoms with van der Waals surface area (Å²) < 4.78 is 2.37. The van der Waals surface area contributed by atoms with Crippen molar-refractivity contribution in [3.63, 3.8) is 0 Å². The SMILES string of the molecule is Brc1cc(I)ccc1NC1CSc2ccccc21. The maximum Gasteiger partial charge on any atom is 0.0619 e. The maximum absolute atomic E-state index is 3.62. The average Bonchev–Trinajstić information content (AvgIpc) is 2.76. The van der Waals surface area contributed by atoms with E-state index in [2.05, 4.69) is 86.3 Å². The number of thioether (sulfide) groups is 1. The molecule has 0 bridgehead atoms. The van der Waals surface area contributed by atoms with Gasteiger partial charge >= 0.3 is 0 Å². The monoisotopic (exact) mass is 431 g/mol. The molecule has 1 nitrogen and oxygen atoms in total. The van der Waals surface area contributed by atoms with Crippen LogP contribution in [0.2, 0.25) is 0 Å². The summed E-state index contributed by atoms with van der Waals surface area (Å²) in [7, 11) is 0. The molecule has 1 atom stereocenters. The minimum Gasteiger partial charge on any atom is -0.376 e. The first-order chi connectivity index (χ1) is 8.74. The van der Waals surface area contributed by atoms with Crippen LogP contribution in [0.5, 0.6) is 0 Å². The van der Waals surface area contributed by atoms with E-state index in [0.717, 1.165) is 15.9 Å². The molecular weight excluding hydrogens is 421 g/mol. The van der Waals surface area contributed by atoms with Gasteiger partial charge in [0.1, 0.15) is 0 Å². The minimum atomic E-state index is 0.405. The standard InChI is InChI=1S/C14H11BrINS/c15-11-7-9(16)5-6-12(11)17-13-8-18-14-4-2-1-3-10(13)14/h1-7,13,17H,8H2. The highest BCUT2D eigenvalue weighted by Gasteiger charge is 2.22. The van der Waals surface area contributed by atoms with Crippen LogP contribution in [0.15, 0.2) is 51.8 Å². The second-order valence-corrected chi connectivity index (χ2v) is 7.33. The predicted octanol–water partition coefficient (Wildman–Crippen LogP) is 5.31. The van der Waals surface area contributed by atoms with E-state index in [4.69, 9.17) is 0 Å². The van der Waals surface area contributed by atoms with Crippen LogP contribution in [-0.4, -0.2) is 5.75 Å². The van der Waals surface area contributed by atoms with Crippen LogP contribution in [0.4, 0.5) is 5.69 Å². The van der Waals surface area contributed by atoms with Gasteiger partial charge in [0.2, 0.25) is 0 Å². The third-order valence-corrected chi connectivity index (χ3v) is 5.47. The number of rotatable bonds is 2. The molecule has 0 saturated carbocycles. The number of halogens is 2. The first-order valence-electron chi connectivity index (χ1n) is 5.67. The molecule has 92 valence electrons. The van der Waals surface area contributed by atoms with Crippen LogP contribution in [0.25, 0.3) is 0 Å². The highest BCUT2D eigenvalue weighted by molar-refractivity contribution is 14.1. The van der Waals surface area contributed by atoms with Crippen molar-refractivity contribution in [3.05, 3.63) is 56.1 Å². The third kappa shape index (κ3) is 2.56. The Bertz CT molecular complexity index is 588. The van der Waals surface area contributed by atoms with E-state index in [0.29, 0.717) is 6.04 Å². The molecule has 0 aromatic heterocycles. The number of nitrogens with one attached hydrogen (secondary N) is 1. The van der Waals surface area contributed by atoms with Gasteiger partial charge in [-0.15, -0.1) is 11.8 Å². The molecule has 3 rings (SSSR count). The zero-order chi connectivity index (χ0) is 12.5. The van der Waals surface area contributed by atoms with Crippen LogP contribution < -0.4 is 5.32 Å². The highest BCUT2D eigenvalue weighted by Crippen LogP contribution is 2.40. The van der Waals surface area contributed by atoms with E-state index < -0.39 is 0 Å². The lowest BCUT2D eigenvalue weighted by Crippen LogP contribution is -2.10. The van der Waals surface area contributed by atoms with Crippen molar-refractivity contribution < 1.29 is 0 Å². The Morgan fingerprint density at radius 3 is 2.89 bits per heavy atom. The molecule has 1 aliphatic rings. The Kier molecular flexibility index (Phi) is 3.86. The van der Waals surface area contributed by atoms with Crippen molar-refractivity contribution in [1.82, 2.24) is 0 Å². The van der Waals surface area contributed by atoms with E-state index >= 15 is 0 Å². The molecule has 0 amide bonds. The van der Waals surface area contributed by atoms with E-state index in [1.165, 1.54) is 14.0 Å². The number of hydrogen-bond acceptors (Lipinski definition) is 2. The average molecular weight is 432 g/mol. The fraction of sp³-hybridized carbons (Fsp3) is 0.143. The number of benzene rings is 2. The van der Waals surface area contributed by atoms with Crippen LogP contribution in [0.3, 0.4) is 0 Å². The van der Waals surface area contributed by atoms with Gasteiger partial charge in [0, 0.05) is 24.4 Å². The van der Waals surface area contributed by atoms with Gasteiger partial charge in [0.05, 0.1) is 6.04 Å². The van der Waals surface area contributed by atoms with Crippen LogP contribution in [0, 0.1) is 3.57 Å². The highest BCUT2D eigenvalue weighted by atomic mass is 127. The summed E-state index contributed by atoms with van der Waals surface area (Å²) in [6.45, 7) is 0. The van der Waals surface area contributed by atoms with Crippen molar-refractivity contribution in [2.24, 2.45) is 0 Å². The van der Waals surface area contributed by atoms with Crippen LogP contribution >= 0.6 is 50.3 Å².